The maximum absolute atomic E-state index is 13.7. The Morgan fingerprint density at radius 2 is 1.97 bits per heavy atom. The molecule has 34 heavy (non-hydrogen) atoms. The lowest BCUT2D eigenvalue weighted by molar-refractivity contribution is -0.137. The van der Waals surface area contributed by atoms with Gasteiger partial charge in [-0.2, -0.15) is 18.2 Å². The molecule has 2 amide bonds. The van der Waals surface area contributed by atoms with E-state index in [-0.39, 0.29) is 47.2 Å². The predicted molar refractivity (Wildman–Crippen MR) is 121 cm³/mol. The third-order valence-corrected chi connectivity index (χ3v) is 5.68. The number of aromatic nitrogens is 2. The fourth-order valence-electron chi connectivity index (χ4n) is 3.20. The average molecular weight is 493 g/mol. The number of ether oxygens (including phenoxy) is 1. The Hall–Kier alpha value is -3.31. The van der Waals surface area contributed by atoms with E-state index < -0.39 is 17.6 Å². The van der Waals surface area contributed by atoms with Gasteiger partial charge in [-0.05, 0) is 31.5 Å². The monoisotopic (exact) mass is 492 g/mol. The summed E-state index contributed by atoms with van der Waals surface area (Å²) in [4.78, 5) is 32.8. The molecular weight excluding hydrogens is 469 g/mol. The minimum absolute atomic E-state index is 0.0134. The number of aryl methyl sites for hydroxylation is 1. The number of pyridine rings is 1. The average Bonchev–Trinajstić information content (AvgIpc) is 3.19. The maximum atomic E-state index is 13.7. The molecule has 0 fully saturated rings. The second-order valence-corrected chi connectivity index (χ2v) is 8.18. The van der Waals surface area contributed by atoms with E-state index in [0.29, 0.717) is 6.42 Å². The van der Waals surface area contributed by atoms with E-state index in [1.165, 1.54) is 31.5 Å². The first-order chi connectivity index (χ1) is 16.2. The zero-order valence-electron chi connectivity index (χ0n) is 18.6. The molecule has 3 aromatic rings. The van der Waals surface area contributed by atoms with Crippen molar-refractivity contribution in [3.05, 3.63) is 69.6 Å². The van der Waals surface area contributed by atoms with Gasteiger partial charge in [0.2, 0.25) is 5.91 Å². The Kier molecular flexibility index (Phi) is 8.35. The SMILES string of the molecule is COCC(=O)NCCCn1c(-c2ccccc2C(F)(F)F)csc1=NC(=O)c1ccc(C)nc1. The first kappa shape index (κ1) is 25.3. The highest BCUT2D eigenvalue weighted by Crippen LogP contribution is 2.37. The van der Waals surface area contributed by atoms with E-state index in [4.69, 9.17) is 4.74 Å². The highest BCUT2D eigenvalue weighted by Gasteiger charge is 2.34. The fraction of sp³-hybridized carbons (Fsp3) is 0.304. The van der Waals surface area contributed by atoms with Crippen LogP contribution in [0.15, 0.2) is 53.0 Å². The lowest BCUT2D eigenvalue weighted by atomic mass is 10.0. The molecule has 11 heteroatoms. The Morgan fingerprint density at radius 3 is 2.65 bits per heavy atom. The molecule has 0 aliphatic rings. The summed E-state index contributed by atoms with van der Waals surface area (Å²) < 4.78 is 47.3. The van der Waals surface area contributed by atoms with Gasteiger partial charge in [0.05, 0.1) is 16.8 Å². The summed E-state index contributed by atoms with van der Waals surface area (Å²) in [6.07, 6.45) is -2.74. The normalized spacial score (nSPS) is 12.1. The number of carbonyl (C=O) groups excluding carboxylic acids is 2. The molecule has 0 spiro atoms. The van der Waals surface area contributed by atoms with Crippen molar-refractivity contribution in [3.8, 4) is 11.3 Å². The van der Waals surface area contributed by atoms with Crippen LogP contribution in [0.5, 0.6) is 0 Å². The van der Waals surface area contributed by atoms with Crippen molar-refractivity contribution in [2.45, 2.75) is 26.1 Å². The van der Waals surface area contributed by atoms with Gasteiger partial charge in [-0.1, -0.05) is 18.2 Å². The quantitative estimate of drug-likeness (QED) is 0.485. The lowest BCUT2D eigenvalue weighted by Crippen LogP contribution is -2.29. The number of hydrogen-bond donors (Lipinski definition) is 1. The highest BCUT2D eigenvalue weighted by atomic mass is 32.1. The van der Waals surface area contributed by atoms with Crippen molar-refractivity contribution in [2.24, 2.45) is 4.99 Å². The van der Waals surface area contributed by atoms with Crippen LogP contribution in [-0.2, 0) is 22.3 Å². The third kappa shape index (κ3) is 6.39. The van der Waals surface area contributed by atoms with Gasteiger partial charge < -0.3 is 14.6 Å². The number of hydrogen-bond acceptors (Lipinski definition) is 5. The minimum Gasteiger partial charge on any atom is -0.375 e. The Bertz CT molecular complexity index is 1220. The molecule has 1 N–H and O–H groups in total. The summed E-state index contributed by atoms with van der Waals surface area (Å²) >= 11 is 1.07. The van der Waals surface area contributed by atoms with E-state index in [1.54, 1.807) is 29.0 Å². The molecule has 0 saturated carbocycles. The van der Waals surface area contributed by atoms with Crippen LogP contribution >= 0.6 is 11.3 Å². The van der Waals surface area contributed by atoms with Gasteiger partial charge in [-0.15, -0.1) is 11.3 Å². The zero-order valence-corrected chi connectivity index (χ0v) is 19.4. The van der Waals surface area contributed by atoms with Crippen LogP contribution in [-0.4, -0.2) is 41.6 Å². The van der Waals surface area contributed by atoms with Crippen molar-refractivity contribution in [2.75, 3.05) is 20.3 Å². The van der Waals surface area contributed by atoms with E-state index in [2.05, 4.69) is 15.3 Å². The molecule has 2 aromatic heterocycles. The summed E-state index contributed by atoms with van der Waals surface area (Å²) in [7, 11) is 1.40. The van der Waals surface area contributed by atoms with Crippen molar-refractivity contribution in [1.29, 1.82) is 0 Å². The molecular formula is C23H23F3N4O3S. The van der Waals surface area contributed by atoms with Gasteiger partial charge >= 0.3 is 6.18 Å². The molecule has 3 rings (SSSR count). The molecule has 7 nitrogen and oxygen atoms in total. The second-order valence-electron chi connectivity index (χ2n) is 7.34. The Labute approximate surface area is 197 Å². The number of nitrogens with zero attached hydrogens (tertiary/aromatic N) is 3. The highest BCUT2D eigenvalue weighted by molar-refractivity contribution is 7.07. The Balaban J connectivity index is 1.99. The number of benzene rings is 1. The van der Waals surface area contributed by atoms with Crippen LogP contribution in [0.3, 0.4) is 0 Å². The molecule has 1 aromatic carbocycles. The first-order valence-corrected chi connectivity index (χ1v) is 11.2. The predicted octanol–water partition coefficient (Wildman–Crippen LogP) is 3.83. The second kappa shape index (κ2) is 11.2. The van der Waals surface area contributed by atoms with E-state index in [0.717, 1.165) is 23.1 Å². The van der Waals surface area contributed by atoms with Crippen LogP contribution in [0, 0.1) is 6.92 Å². The summed E-state index contributed by atoms with van der Waals surface area (Å²) in [6, 6.07) is 8.53. The molecule has 0 unspecified atom stereocenters. The smallest absolute Gasteiger partial charge is 0.375 e. The van der Waals surface area contributed by atoms with Gasteiger partial charge in [0.15, 0.2) is 4.80 Å². The zero-order chi connectivity index (χ0) is 24.7. The molecule has 0 bridgehead atoms. The fourth-order valence-corrected chi connectivity index (χ4v) is 4.12. The first-order valence-electron chi connectivity index (χ1n) is 10.3. The van der Waals surface area contributed by atoms with Gasteiger partial charge in [0.25, 0.3) is 5.91 Å². The minimum atomic E-state index is -4.55. The summed E-state index contributed by atoms with van der Waals surface area (Å²) in [5.74, 6) is -0.848. The van der Waals surface area contributed by atoms with Crippen molar-refractivity contribution >= 4 is 23.2 Å². The van der Waals surface area contributed by atoms with Gasteiger partial charge in [0, 0.05) is 43.0 Å². The molecule has 2 heterocycles. The number of thiazole rings is 1. The molecule has 0 saturated heterocycles. The van der Waals surface area contributed by atoms with E-state index >= 15 is 0 Å². The van der Waals surface area contributed by atoms with Crippen LogP contribution < -0.4 is 10.1 Å². The molecule has 0 aliphatic heterocycles. The largest absolute Gasteiger partial charge is 0.417 e. The van der Waals surface area contributed by atoms with Gasteiger partial charge in [-0.3, -0.25) is 14.6 Å². The number of halogens is 3. The molecule has 0 atom stereocenters. The number of methoxy groups -OCH3 is 1. The topological polar surface area (TPSA) is 85.6 Å². The van der Waals surface area contributed by atoms with Crippen LogP contribution in [0.1, 0.15) is 28.0 Å². The standard InChI is InChI=1S/C23H23F3N4O3S/c1-15-8-9-16(12-28-15)21(32)29-22-30(11-5-10-27-20(31)13-33-2)19(14-34-22)17-6-3-4-7-18(17)23(24,25)26/h3-4,6-9,12,14H,5,10-11,13H2,1-2H3,(H,27,31). The van der Waals surface area contributed by atoms with Crippen LogP contribution in [0.2, 0.25) is 0 Å². The summed E-state index contributed by atoms with van der Waals surface area (Å²) in [6.45, 7) is 2.21. The number of amides is 2. The van der Waals surface area contributed by atoms with Gasteiger partial charge in [0.1, 0.15) is 6.61 Å². The lowest BCUT2D eigenvalue weighted by Gasteiger charge is -2.15. The molecule has 180 valence electrons. The van der Waals surface area contributed by atoms with Crippen LogP contribution in [0.4, 0.5) is 13.2 Å². The maximum Gasteiger partial charge on any atom is 0.417 e. The van der Waals surface area contributed by atoms with Crippen LogP contribution in [0.25, 0.3) is 11.3 Å². The molecule has 0 radical (unpaired) electrons. The summed E-state index contributed by atoms with van der Waals surface area (Å²) in [5.41, 5.74) is 0.504. The molecule has 0 aliphatic carbocycles. The number of nitrogens with one attached hydrogen (secondary N) is 1. The van der Waals surface area contributed by atoms with Gasteiger partial charge in [-0.25, -0.2) is 0 Å². The third-order valence-electron chi connectivity index (χ3n) is 4.82. The summed E-state index contributed by atoms with van der Waals surface area (Å²) in [5, 5.41) is 4.22. The van der Waals surface area contributed by atoms with Crippen molar-refractivity contribution < 1.29 is 27.5 Å². The van der Waals surface area contributed by atoms with E-state index in [9.17, 15) is 22.8 Å². The number of alkyl halides is 3. The number of rotatable bonds is 8. The van der Waals surface area contributed by atoms with E-state index in [1.807, 2.05) is 0 Å². The van der Waals surface area contributed by atoms with Crippen molar-refractivity contribution in [3.63, 3.8) is 0 Å². The Morgan fingerprint density at radius 1 is 1.21 bits per heavy atom. The van der Waals surface area contributed by atoms with Crippen molar-refractivity contribution in [1.82, 2.24) is 14.9 Å². The number of carbonyl (C=O) groups is 2.